The third-order valence-electron chi connectivity index (χ3n) is 3.60. The molecule has 0 aromatic heterocycles. The standard InChI is InChI=1S/C18H23NO3/c1-20-16-6-4-5-15(11-16)13-19-10-9-14-7-8-17(21-2)18(12-14)22-3/h4-8,11-12,19H,9-10,13H2,1-3H3/p+1. The van der Waals surface area contributed by atoms with Crippen molar-refractivity contribution in [1.29, 1.82) is 0 Å². The van der Waals surface area contributed by atoms with Crippen LogP contribution in [-0.2, 0) is 13.0 Å². The van der Waals surface area contributed by atoms with Gasteiger partial charge in [-0.25, -0.2) is 0 Å². The van der Waals surface area contributed by atoms with Crippen LogP contribution in [-0.4, -0.2) is 27.9 Å². The summed E-state index contributed by atoms with van der Waals surface area (Å²) in [7, 11) is 5.01. The smallest absolute Gasteiger partial charge is 0.160 e. The minimum absolute atomic E-state index is 0.770. The van der Waals surface area contributed by atoms with E-state index in [1.165, 1.54) is 11.1 Å². The van der Waals surface area contributed by atoms with E-state index in [1.807, 2.05) is 24.3 Å². The van der Waals surface area contributed by atoms with Crippen LogP contribution in [0, 0.1) is 0 Å². The van der Waals surface area contributed by atoms with Crippen molar-refractivity contribution < 1.29 is 19.5 Å². The van der Waals surface area contributed by atoms with Gasteiger partial charge in [0, 0.05) is 12.0 Å². The highest BCUT2D eigenvalue weighted by atomic mass is 16.5. The fourth-order valence-electron chi connectivity index (χ4n) is 2.37. The molecule has 2 aromatic rings. The molecule has 0 fully saturated rings. The van der Waals surface area contributed by atoms with Crippen LogP contribution in [0.15, 0.2) is 42.5 Å². The Labute approximate surface area is 132 Å². The van der Waals surface area contributed by atoms with Crippen LogP contribution in [0.2, 0.25) is 0 Å². The van der Waals surface area contributed by atoms with Crippen molar-refractivity contribution in [2.75, 3.05) is 27.9 Å². The van der Waals surface area contributed by atoms with Crippen LogP contribution < -0.4 is 19.5 Å². The average molecular weight is 302 g/mol. The maximum absolute atomic E-state index is 5.33. The lowest BCUT2D eigenvalue weighted by Crippen LogP contribution is -2.83. The zero-order chi connectivity index (χ0) is 15.8. The number of hydrogen-bond donors (Lipinski definition) is 1. The molecule has 0 aliphatic rings. The number of methoxy groups -OCH3 is 3. The van der Waals surface area contributed by atoms with Crippen molar-refractivity contribution in [1.82, 2.24) is 0 Å². The summed E-state index contributed by atoms with van der Waals surface area (Å²) < 4.78 is 15.8. The first kappa shape index (κ1) is 16.2. The van der Waals surface area contributed by atoms with Gasteiger partial charge >= 0.3 is 0 Å². The highest BCUT2D eigenvalue weighted by Gasteiger charge is 2.05. The second kappa shape index (κ2) is 8.29. The summed E-state index contributed by atoms with van der Waals surface area (Å²) in [5.74, 6) is 2.46. The van der Waals surface area contributed by atoms with Crippen LogP contribution in [0.4, 0.5) is 0 Å². The second-order valence-electron chi connectivity index (χ2n) is 5.07. The van der Waals surface area contributed by atoms with Crippen molar-refractivity contribution in [3.63, 3.8) is 0 Å². The number of nitrogens with two attached hydrogens (primary N) is 1. The average Bonchev–Trinajstić information content (AvgIpc) is 2.58. The van der Waals surface area contributed by atoms with Gasteiger partial charge in [-0.1, -0.05) is 18.2 Å². The van der Waals surface area contributed by atoms with Gasteiger partial charge in [0.1, 0.15) is 12.3 Å². The predicted octanol–water partition coefficient (Wildman–Crippen LogP) is 2.02. The molecule has 2 aromatic carbocycles. The molecule has 0 bridgehead atoms. The van der Waals surface area contributed by atoms with Crippen LogP contribution in [0.1, 0.15) is 11.1 Å². The maximum Gasteiger partial charge on any atom is 0.160 e. The van der Waals surface area contributed by atoms with E-state index in [-0.39, 0.29) is 0 Å². The Morgan fingerprint density at radius 2 is 1.64 bits per heavy atom. The molecule has 22 heavy (non-hydrogen) atoms. The molecule has 0 unspecified atom stereocenters. The van der Waals surface area contributed by atoms with E-state index in [0.717, 1.165) is 36.8 Å². The Kier molecular flexibility index (Phi) is 6.10. The third-order valence-corrected chi connectivity index (χ3v) is 3.60. The summed E-state index contributed by atoms with van der Waals surface area (Å²) >= 11 is 0. The summed E-state index contributed by atoms with van der Waals surface area (Å²) in [6, 6.07) is 14.3. The molecule has 118 valence electrons. The molecular weight excluding hydrogens is 278 g/mol. The van der Waals surface area contributed by atoms with Crippen molar-refractivity contribution in [3.05, 3.63) is 53.6 Å². The van der Waals surface area contributed by atoms with E-state index in [0.29, 0.717) is 0 Å². The van der Waals surface area contributed by atoms with Crippen LogP contribution >= 0.6 is 0 Å². The topological polar surface area (TPSA) is 44.3 Å². The Morgan fingerprint density at radius 1 is 0.818 bits per heavy atom. The maximum atomic E-state index is 5.33. The summed E-state index contributed by atoms with van der Waals surface area (Å²) in [5.41, 5.74) is 2.52. The Bertz CT molecular complexity index is 599. The Balaban J connectivity index is 1.83. The molecule has 2 rings (SSSR count). The first-order chi connectivity index (χ1) is 10.8. The lowest BCUT2D eigenvalue weighted by Gasteiger charge is -2.09. The summed E-state index contributed by atoms with van der Waals surface area (Å²) in [4.78, 5) is 0. The van der Waals surface area contributed by atoms with Gasteiger partial charge in [0.2, 0.25) is 0 Å². The van der Waals surface area contributed by atoms with E-state index in [4.69, 9.17) is 14.2 Å². The van der Waals surface area contributed by atoms with Crippen LogP contribution in [0.3, 0.4) is 0 Å². The largest absolute Gasteiger partial charge is 0.497 e. The Morgan fingerprint density at radius 3 is 2.36 bits per heavy atom. The molecule has 0 saturated heterocycles. The lowest BCUT2D eigenvalue weighted by molar-refractivity contribution is -0.670. The van der Waals surface area contributed by atoms with Gasteiger partial charge in [-0.05, 0) is 29.8 Å². The molecule has 0 atom stereocenters. The van der Waals surface area contributed by atoms with Crippen molar-refractivity contribution in [2.45, 2.75) is 13.0 Å². The molecule has 0 aliphatic carbocycles. The van der Waals surface area contributed by atoms with E-state index in [1.54, 1.807) is 21.3 Å². The molecule has 0 spiro atoms. The highest BCUT2D eigenvalue weighted by molar-refractivity contribution is 5.42. The van der Waals surface area contributed by atoms with Gasteiger partial charge in [0.15, 0.2) is 11.5 Å². The fraction of sp³-hybridized carbons (Fsp3) is 0.333. The number of hydrogen-bond acceptors (Lipinski definition) is 3. The first-order valence-corrected chi connectivity index (χ1v) is 7.42. The molecule has 0 heterocycles. The number of ether oxygens (including phenoxy) is 3. The molecular formula is C18H24NO3+. The van der Waals surface area contributed by atoms with Gasteiger partial charge < -0.3 is 19.5 Å². The van der Waals surface area contributed by atoms with E-state index < -0.39 is 0 Å². The zero-order valence-electron chi connectivity index (χ0n) is 13.5. The van der Waals surface area contributed by atoms with Gasteiger partial charge in [0.05, 0.1) is 27.9 Å². The van der Waals surface area contributed by atoms with Gasteiger partial charge in [-0.3, -0.25) is 0 Å². The van der Waals surface area contributed by atoms with Crippen molar-refractivity contribution >= 4 is 0 Å². The lowest BCUT2D eigenvalue weighted by atomic mass is 10.1. The second-order valence-corrected chi connectivity index (χ2v) is 5.07. The summed E-state index contributed by atoms with van der Waals surface area (Å²) in [6.45, 7) is 1.97. The van der Waals surface area contributed by atoms with Crippen LogP contribution in [0.25, 0.3) is 0 Å². The van der Waals surface area contributed by atoms with Gasteiger partial charge in [0.25, 0.3) is 0 Å². The fourth-order valence-corrected chi connectivity index (χ4v) is 2.37. The highest BCUT2D eigenvalue weighted by Crippen LogP contribution is 2.27. The normalized spacial score (nSPS) is 10.3. The van der Waals surface area contributed by atoms with Crippen LogP contribution in [0.5, 0.6) is 17.2 Å². The number of quaternary nitrogens is 1. The molecule has 0 aliphatic heterocycles. The van der Waals surface area contributed by atoms with Crippen molar-refractivity contribution in [3.8, 4) is 17.2 Å². The summed E-state index contributed by atoms with van der Waals surface area (Å²) in [5, 5.41) is 2.30. The zero-order valence-corrected chi connectivity index (χ0v) is 13.5. The van der Waals surface area contributed by atoms with E-state index in [9.17, 15) is 0 Å². The van der Waals surface area contributed by atoms with Gasteiger partial charge in [-0.2, -0.15) is 0 Å². The molecule has 2 N–H and O–H groups in total. The minimum Gasteiger partial charge on any atom is -0.497 e. The molecule has 0 amide bonds. The monoisotopic (exact) mass is 302 g/mol. The third kappa shape index (κ3) is 4.40. The number of rotatable bonds is 8. The first-order valence-electron chi connectivity index (χ1n) is 7.42. The van der Waals surface area contributed by atoms with Gasteiger partial charge in [-0.15, -0.1) is 0 Å². The van der Waals surface area contributed by atoms with Crippen molar-refractivity contribution in [2.24, 2.45) is 0 Å². The molecule has 4 heteroatoms. The molecule has 0 radical (unpaired) electrons. The molecule has 4 nitrogen and oxygen atoms in total. The SMILES string of the molecule is COc1cccc(C[NH2+]CCc2ccc(OC)c(OC)c2)c1. The van der Waals surface area contributed by atoms with E-state index >= 15 is 0 Å². The minimum atomic E-state index is 0.770. The predicted molar refractivity (Wildman–Crippen MR) is 86.7 cm³/mol. The quantitative estimate of drug-likeness (QED) is 0.759. The van der Waals surface area contributed by atoms with E-state index in [2.05, 4.69) is 23.5 Å². The molecule has 0 saturated carbocycles. The Hall–Kier alpha value is -2.20. The summed E-state index contributed by atoms with van der Waals surface area (Å²) in [6.07, 6.45) is 0.990. The number of benzene rings is 2.